The van der Waals surface area contributed by atoms with Crippen LogP contribution in [0.5, 0.6) is 0 Å². The van der Waals surface area contributed by atoms with Gasteiger partial charge in [0.25, 0.3) is 5.56 Å². The number of hydrogen-bond donors (Lipinski definition) is 0. The third-order valence-corrected chi connectivity index (χ3v) is 3.31. The van der Waals surface area contributed by atoms with Gasteiger partial charge in [0, 0.05) is 13.6 Å². The van der Waals surface area contributed by atoms with Gasteiger partial charge in [0.05, 0.1) is 5.69 Å². The maximum absolute atomic E-state index is 12.1. The van der Waals surface area contributed by atoms with Crippen LogP contribution in [0, 0.1) is 25.2 Å². The van der Waals surface area contributed by atoms with Gasteiger partial charge in [0.15, 0.2) is 0 Å². The van der Waals surface area contributed by atoms with Gasteiger partial charge in [-0.1, -0.05) is 13.3 Å². The highest BCUT2D eigenvalue weighted by molar-refractivity contribution is 5.75. The zero-order valence-corrected chi connectivity index (χ0v) is 12.4. The predicted molar refractivity (Wildman–Crippen MR) is 75.2 cm³/mol. The Kier molecular flexibility index (Phi) is 5.44. The summed E-state index contributed by atoms with van der Waals surface area (Å²) in [6, 6.07) is 1.88. The fraction of sp³-hybridized carbons (Fsp3) is 0.571. The van der Waals surface area contributed by atoms with E-state index in [1.54, 1.807) is 25.8 Å². The lowest BCUT2D eigenvalue weighted by atomic mass is 10.1. The average Bonchev–Trinajstić information content (AvgIpc) is 2.42. The predicted octanol–water partition coefficient (Wildman–Crippen LogP) is 0.990. The third-order valence-electron chi connectivity index (χ3n) is 3.31. The molecule has 0 saturated heterocycles. The molecule has 0 bridgehead atoms. The van der Waals surface area contributed by atoms with Crippen LogP contribution in [-0.2, 0) is 11.3 Å². The monoisotopic (exact) mass is 276 g/mol. The van der Waals surface area contributed by atoms with E-state index in [9.17, 15) is 9.59 Å². The third kappa shape index (κ3) is 3.44. The standard InChI is InChI=1S/C14H20N4O2/c1-5-6-7-17(4)13(19)9-18-14(20)12(8-15)10(2)11(3)16-18/h5-7,9H2,1-4H3. The Labute approximate surface area is 118 Å². The smallest absolute Gasteiger partial charge is 0.285 e. The maximum Gasteiger partial charge on any atom is 0.285 e. The number of carbonyl (C=O) groups is 1. The Morgan fingerprint density at radius 3 is 2.65 bits per heavy atom. The van der Waals surface area contributed by atoms with Gasteiger partial charge in [-0.05, 0) is 25.8 Å². The van der Waals surface area contributed by atoms with Crippen LogP contribution in [0.4, 0.5) is 0 Å². The van der Waals surface area contributed by atoms with E-state index in [4.69, 9.17) is 5.26 Å². The molecule has 1 heterocycles. The molecular weight excluding hydrogens is 256 g/mol. The number of likely N-dealkylation sites (N-methyl/N-ethyl adjacent to an activating group) is 1. The van der Waals surface area contributed by atoms with Crippen molar-refractivity contribution in [3.8, 4) is 6.07 Å². The summed E-state index contributed by atoms with van der Waals surface area (Å²) in [6.45, 7) is 5.97. The lowest BCUT2D eigenvalue weighted by Crippen LogP contribution is -2.37. The minimum Gasteiger partial charge on any atom is -0.344 e. The molecule has 0 spiro atoms. The average molecular weight is 276 g/mol. The van der Waals surface area contributed by atoms with Crippen molar-refractivity contribution >= 4 is 5.91 Å². The number of aryl methyl sites for hydroxylation is 1. The van der Waals surface area contributed by atoms with E-state index in [0.717, 1.165) is 17.5 Å². The van der Waals surface area contributed by atoms with Crippen molar-refractivity contribution in [3.05, 3.63) is 27.2 Å². The highest BCUT2D eigenvalue weighted by Gasteiger charge is 2.15. The zero-order valence-electron chi connectivity index (χ0n) is 12.4. The molecule has 0 radical (unpaired) electrons. The Morgan fingerprint density at radius 2 is 2.10 bits per heavy atom. The summed E-state index contributed by atoms with van der Waals surface area (Å²) in [5.41, 5.74) is 0.708. The fourth-order valence-corrected chi connectivity index (χ4v) is 1.78. The summed E-state index contributed by atoms with van der Waals surface area (Å²) < 4.78 is 1.08. The van der Waals surface area contributed by atoms with E-state index < -0.39 is 5.56 Å². The van der Waals surface area contributed by atoms with Gasteiger partial charge in [-0.15, -0.1) is 0 Å². The molecule has 1 aromatic heterocycles. The number of amides is 1. The summed E-state index contributed by atoms with van der Waals surface area (Å²) in [4.78, 5) is 25.6. The summed E-state index contributed by atoms with van der Waals surface area (Å²) in [5, 5.41) is 13.1. The van der Waals surface area contributed by atoms with Crippen LogP contribution in [0.3, 0.4) is 0 Å². The molecule has 6 heteroatoms. The largest absolute Gasteiger partial charge is 0.344 e. The minimum atomic E-state index is -0.507. The lowest BCUT2D eigenvalue weighted by Gasteiger charge is -2.17. The van der Waals surface area contributed by atoms with E-state index in [-0.39, 0.29) is 18.0 Å². The molecule has 1 rings (SSSR count). The Bertz CT molecular complexity index is 598. The zero-order chi connectivity index (χ0) is 15.3. The first-order valence-electron chi connectivity index (χ1n) is 6.64. The highest BCUT2D eigenvalue weighted by atomic mass is 16.2. The summed E-state index contributed by atoms with van der Waals surface area (Å²) >= 11 is 0. The SMILES string of the molecule is CCCCN(C)C(=O)Cn1nc(C)c(C)c(C#N)c1=O. The molecule has 0 saturated carbocycles. The Morgan fingerprint density at radius 1 is 1.45 bits per heavy atom. The first kappa shape index (κ1) is 15.9. The van der Waals surface area contributed by atoms with Gasteiger partial charge >= 0.3 is 0 Å². The van der Waals surface area contributed by atoms with Crippen molar-refractivity contribution in [2.75, 3.05) is 13.6 Å². The van der Waals surface area contributed by atoms with Gasteiger partial charge in [-0.25, -0.2) is 4.68 Å². The number of carbonyl (C=O) groups excluding carboxylic acids is 1. The van der Waals surface area contributed by atoms with E-state index in [0.29, 0.717) is 17.8 Å². The second kappa shape index (κ2) is 6.85. The van der Waals surface area contributed by atoms with Gasteiger partial charge < -0.3 is 4.90 Å². The molecule has 0 fully saturated rings. The van der Waals surface area contributed by atoms with E-state index in [2.05, 4.69) is 5.10 Å². The molecule has 1 amide bonds. The van der Waals surface area contributed by atoms with E-state index in [1.807, 2.05) is 13.0 Å². The van der Waals surface area contributed by atoms with Crippen LogP contribution in [-0.4, -0.2) is 34.2 Å². The number of unbranched alkanes of at least 4 members (excludes halogenated alkanes) is 1. The van der Waals surface area contributed by atoms with E-state index in [1.165, 1.54) is 0 Å². The van der Waals surface area contributed by atoms with Crippen molar-refractivity contribution in [2.24, 2.45) is 0 Å². The molecule has 0 aliphatic carbocycles. The van der Waals surface area contributed by atoms with Crippen LogP contribution in [0.15, 0.2) is 4.79 Å². The fourth-order valence-electron chi connectivity index (χ4n) is 1.78. The normalized spacial score (nSPS) is 10.2. The molecule has 0 atom stereocenters. The molecule has 1 aromatic rings. The summed E-state index contributed by atoms with van der Waals surface area (Å²) in [5.74, 6) is -0.180. The summed E-state index contributed by atoms with van der Waals surface area (Å²) in [7, 11) is 1.70. The maximum atomic E-state index is 12.1. The molecule has 0 N–H and O–H groups in total. The van der Waals surface area contributed by atoms with Gasteiger partial charge in [0.1, 0.15) is 18.2 Å². The first-order valence-corrected chi connectivity index (χ1v) is 6.64. The quantitative estimate of drug-likeness (QED) is 0.803. The van der Waals surface area contributed by atoms with Crippen LogP contribution in [0.25, 0.3) is 0 Å². The second-order valence-corrected chi connectivity index (χ2v) is 4.83. The second-order valence-electron chi connectivity index (χ2n) is 4.83. The van der Waals surface area contributed by atoms with Crippen molar-refractivity contribution in [2.45, 2.75) is 40.2 Å². The van der Waals surface area contributed by atoms with Crippen molar-refractivity contribution in [3.63, 3.8) is 0 Å². The van der Waals surface area contributed by atoms with Gasteiger partial charge in [-0.3, -0.25) is 9.59 Å². The summed E-state index contributed by atoms with van der Waals surface area (Å²) in [6.07, 6.45) is 1.92. The Hall–Kier alpha value is -2.16. The first-order chi connectivity index (χ1) is 9.42. The van der Waals surface area contributed by atoms with Crippen LogP contribution >= 0.6 is 0 Å². The number of rotatable bonds is 5. The molecule has 108 valence electrons. The number of nitriles is 1. The van der Waals surface area contributed by atoms with Gasteiger partial charge in [-0.2, -0.15) is 10.4 Å². The number of hydrogen-bond acceptors (Lipinski definition) is 4. The molecule has 20 heavy (non-hydrogen) atoms. The Balaban J connectivity index is 3.00. The van der Waals surface area contributed by atoms with Crippen LogP contribution in [0.1, 0.15) is 36.6 Å². The molecule has 0 aliphatic rings. The van der Waals surface area contributed by atoms with Gasteiger partial charge in [0.2, 0.25) is 5.91 Å². The number of nitrogens with zero attached hydrogens (tertiary/aromatic N) is 4. The van der Waals surface area contributed by atoms with Crippen molar-refractivity contribution < 1.29 is 4.79 Å². The van der Waals surface area contributed by atoms with Crippen LogP contribution in [0.2, 0.25) is 0 Å². The topological polar surface area (TPSA) is 79.0 Å². The minimum absolute atomic E-state index is 0.0570. The molecule has 0 aliphatic heterocycles. The lowest BCUT2D eigenvalue weighted by molar-refractivity contribution is -0.130. The number of aromatic nitrogens is 2. The van der Waals surface area contributed by atoms with Crippen molar-refractivity contribution in [1.29, 1.82) is 5.26 Å². The molecule has 6 nitrogen and oxygen atoms in total. The molecule has 0 aromatic carbocycles. The molecule has 0 unspecified atom stereocenters. The molecular formula is C14H20N4O2. The van der Waals surface area contributed by atoms with Crippen molar-refractivity contribution in [1.82, 2.24) is 14.7 Å². The van der Waals surface area contributed by atoms with Crippen LogP contribution < -0.4 is 5.56 Å². The highest BCUT2D eigenvalue weighted by Crippen LogP contribution is 2.04. The van der Waals surface area contributed by atoms with E-state index >= 15 is 0 Å².